The Hall–Kier alpha value is -0.370. The molecular formula is C10H22O2. The van der Waals surface area contributed by atoms with Crippen molar-refractivity contribution in [3.05, 3.63) is 0 Å². The van der Waals surface area contributed by atoms with Gasteiger partial charge in [-0.2, -0.15) is 0 Å². The van der Waals surface area contributed by atoms with Crippen molar-refractivity contribution in [1.29, 1.82) is 0 Å². The van der Waals surface area contributed by atoms with Crippen LogP contribution in [0.4, 0.5) is 0 Å². The van der Waals surface area contributed by atoms with Crippen molar-refractivity contribution in [2.24, 2.45) is 0 Å². The molecule has 1 saturated heterocycles. The topological polar surface area (TPSA) is 29.6 Å². The van der Waals surface area contributed by atoms with Gasteiger partial charge in [0.15, 0.2) is 0 Å². The number of hydrogen-bond donors (Lipinski definition) is 0. The van der Waals surface area contributed by atoms with Gasteiger partial charge >= 0.3 is 0 Å². The smallest absolute Gasteiger partial charge is 0.119 e. The minimum atomic E-state index is 0.565. The molecule has 0 bridgehead atoms. The van der Waals surface area contributed by atoms with E-state index in [0.29, 0.717) is 18.6 Å². The summed E-state index contributed by atoms with van der Waals surface area (Å²) in [6, 6.07) is 0. The number of epoxide rings is 1. The predicted molar refractivity (Wildman–Crippen MR) is 52.3 cm³/mol. The molecule has 0 saturated carbocycles. The van der Waals surface area contributed by atoms with Gasteiger partial charge in [0.25, 0.3) is 0 Å². The summed E-state index contributed by atoms with van der Waals surface area (Å²) in [5.41, 5.74) is 0. The van der Waals surface area contributed by atoms with E-state index < -0.39 is 0 Å². The normalized spacial score (nSPS) is 24.1. The Morgan fingerprint density at radius 1 is 1.33 bits per heavy atom. The van der Waals surface area contributed by atoms with Gasteiger partial charge in [-0.05, 0) is 13.3 Å². The minimum Gasteiger partial charge on any atom is -0.370 e. The summed E-state index contributed by atoms with van der Waals surface area (Å²) < 4.78 is 5.07. The summed E-state index contributed by atoms with van der Waals surface area (Å²) in [6.07, 6.45) is 3.86. The van der Waals surface area contributed by atoms with Crippen LogP contribution in [-0.4, -0.2) is 18.5 Å². The molecule has 0 aliphatic carbocycles. The van der Waals surface area contributed by atoms with Crippen LogP contribution in [0.3, 0.4) is 0 Å². The van der Waals surface area contributed by atoms with Crippen molar-refractivity contribution in [1.82, 2.24) is 0 Å². The molecule has 0 radical (unpaired) electrons. The molecule has 0 amide bonds. The molecule has 0 spiro atoms. The Kier molecular flexibility index (Phi) is 12.6. The lowest BCUT2D eigenvalue weighted by atomic mass is 10.3. The fourth-order valence-corrected chi connectivity index (χ4v) is 0.659. The van der Waals surface area contributed by atoms with Crippen LogP contribution in [0, 0.1) is 0 Å². The van der Waals surface area contributed by atoms with Crippen molar-refractivity contribution in [2.75, 3.05) is 0 Å². The van der Waals surface area contributed by atoms with Gasteiger partial charge in [0.1, 0.15) is 6.29 Å². The molecule has 1 heterocycles. The standard InChI is InChI=1S/C5H10O.C3H6O.C2H6/c1-3-5-4(2)6-5;1-2-3-4;1-2/h4-5H,3H2,1-2H3;3H,2H2,1H3;1-2H3. The molecule has 0 N–H and O–H groups in total. The molecule has 74 valence electrons. The largest absolute Gasteiger partial charge is 0.370 e. The van der Waals surface area contributed by atoms with E-state index in [9.17, 15) is 4.79 Å². The number of ether oxygens (including phenoxy) is 1. The van der Waals surface area contributed by atoms with Gasteiger partial charge in [0.2, 0.25) is 0 Å². The van der Waals surface area contributed by atoms with E-state index in [-0.39, 0.29) is 0 Å². The SMILES string of the molecule is CC.CCC1OC1C.CCC=O. The zero-order valence-electron chi connectivity index (χ0n) is 8.96. The van der Waals surface area contributed by atoms with Crippen molar-refractivity contribution < 1.29 is 9.53 Å². The molecule has 1 rings (SSSR count). The first kappa shape index (κ1) is 14.2. The Bertz CT molecular complexity index is 89.8. The fourth-order valence-electron chi connectivity index (χ4n) is 0.659. The zero-order valence-corrected chi connectivity index (χ0v) is 8.96. The highest BCUT2D eigenvalue weighted by molar-refractivity contribution is 5.48. The van der Waals surface area contributed by atoms with Crippen LogP contribution in [0.1, 0.15) is 47.5 Å². The molecule has 1 aliphatic heterocycles. The van der Waals surface area contributed by atoms with Crippen LogP contribution in [0.2, 0.25) is 0 Å². The summed E-state index contributed by atoms with van der Waals surface area (Å²) in [7, 11) is 0. The van der Waals surface area contributed by atoms with Crippen LogP contribution >= 0.6 is 0 Å². The van der Waals surface area contributed by atoms with Gasteiger partial charge < -0.3 is 9.53 Å². The van der Waals surface area contributed by atoms with Gasteiger partial charge in [-0.1, -0.05) is 27.7 Å². The fraction of sp³-hybridized carbons (Fsp3) is 0.900. The van der Waals surface area contributed by atoms with Crippen LogP contribution in [0.15, 0.2) is 0 Å². The third-order valence-electron chi connectivity index (χ3n) is 1.41. The monoisotopic (exact) mass is 174 g/mol. The van der Waals surface area contributed by atoms with E-state index in [0.717, 1.165) is 6.29 Å². The third kappa shape index (κ3) is 9.63. The summed E-state index contributed by atoms with van der Waals surface area (Å²) in [6.45, 7) is 10.1. The first-order valence-corrected chi connectivity index (χ1v) is 4.85. The van der Waals surface area contributed by atoms with Crippen LogP contribution in [0.5, 0.6) is 0 Å². The molecule has 0 aromatic rings. The van der Waals surface area contributed by atoms with Crippen LogP contribution < -0.4 is 0 Å². The highest BCUT2D eigenvalue weighted by Crippen LogP contribution is 2.22. The summed E-state index contributed by atoms with van der Waals surface area (Å²) >= 11 is 0. The molecular weight excluding hydrogens is 152 g/mol. The quantitative estimate of drug-likeness (QED) is 0.476. The molecule has 2 nitrogen and oxygen atoms in total. The Labute approximate surface area is 76.3 Å². The van der Waals surface area contributed by atoms with Crippen LogP contribution in [0.25, 0.3) is 0 Å². The molecule has 1 aliphatic rings. The van der Waals surface area contributed by atoms with E-state index in [1.165, 1.54) is 6.42 Å². The third-order valence-corrected chi connectivity index (χ3v) is 1.41. The molecule has 12 heavy (non-hydrogen) atoms. The Morgan fingerprint density at radius 3 is 1.67 bits per heavy atom. The molecule has 0 aromatic heterocycles. The van der Waals surface area contributed by atoms with E-state index in [4.69, 9.17) is 4.74 Å². The summed E-state index contributed by atoms with van der Waals surface area (Å²) in [5.74, 6) is 0. The number of carbonyl (C=O) groups is 1. The Balaban J connectivity index is 0. The minimum absolute atomic E-state index is 0.565. The van der Waals surface area contributed by atoms with Gasteiger partial charge in [0.05, 0.1) is 12.2 Å². The van der Waals surface area contributed by atoms with Crippen molar-refractivity contribution in [3.8, 4) is 0 Å². The number of hydrogen-bond acceptors (Lipinski definition) is 2. The highest BCUT2D eigenvalue weighted by atomic mass is 16.6. The average Bonchev–Trinajstić information content (AvgIpc) is 2.86. The molecule has 0 aromatic carbocycles. The number of rotatable bonds is 2. The second-order valence-corrected chi connectivity index (χ2v) is 2.36. The van der Waals surface area contributed by atoms with E-state index in [1.54, 1.807) is 0 Å². The number of aldehydes is 1. The molecule has 2 unspecified atom stereocenters. The second-order valence-electron chi connectivity index (χ2n) is 2.36. The first-order chi connectivity index (χ1) is 5.76. The van der Waals surface area contributed by atoms with E-state index >= 15 is 0 Å². The number of carbonyl (C=O) groups excluding carboxylic acids is 1. The second kappa shape index (κ2) is 10.6. The van der Waals surface area contributed by atoms with E-state index in [2.05, 4.69) is 13.8 Å². The summed E-state index contributed by atoms with van der Waals surface area (Å²) in [4.78, 5) is 9.17. The highest BCUT2D eigenvalue weighted by Gasteiger charge is 2.31. The lowest BCUT2D eigenvalue weighted by molar-refractivity contribution is -0.107. The average molecular weight is 174 g/mol. The van der Waals surface area contributed by atoms with Gasteiger partial charge in [-0.15, -0.1) is 0 Å². The van der Waals surface area contributed by atoms with Gasteiger partial charge in [0, 0.05) is 6.42 Å². The first-order valence-electron chi connectivity index (χ1n) is 4.85. The molecule has 2 atom stereocenters. The molecule has 2 heteroatoms. The predicted octanol–water partition coefficient (Wildman–Crippen LogP) is 2.81. The molecule has 1 fully saturated rings. The maximum Gasteiger partial charge on any atom is 0.119 e. The zero-order chi connectivity index (χ0) is 9.98. The van der Waals surface area contributed by atoms with Crippen molar-refractivity contribution in [3.63, 3.8) is 0 Å². The Morgan fingerprint density at radius 2 is 1.67 bits per heavy atom. The lowest BCUT2D eigenvalue weighted by Crippen LogP contribution is -1.81. The summed E-state index contributed by atoms with van der Waals surface area (Å²) in [5, 5.41) is 0. The maximum atomic E-state index is 9.17. The maximum absolute atomic E-state index is 9.17. The van der Waals surface area contributed by atoms with Crippen molar-refractivity contribution in [2.45, 2.75) is 59.7 Å². The van der Waals surface area contributed by atoms with Gasteiger partial charge in [-0.25, -0.2) is 0 Å². The van der Waals surface area contributed by atoms with Gasteiger partial charge in [-0.3, -0.25) is 0 Å². The van der Waals surface area contributed by atoms with Crippen molar-refractivity contribution >= 4 is 6.29 Å². The van der Waals surface area contributed by atoms with E-state index in [1.807, 2.05) is 20.8 Å². The van der Waals surface area contributed by atoms with Crippen LogP contribution in [-0.2, 0) is 9.53 Å². The lowest BCUT2D eigenvalue weighted by Gasteiger charge is -1.72.